The SMILES string of the molecule is COc1ccc(C(C)NC(=O)CN(c2ccc(C(F)(F)F)cc2)S(C)(=O)=O)cc1. The molecule has 0 aliphatic rings. The van der Waals surface area contributed by atoms with Crippen molar-refractivity contribution in [1.82, 2.24) is 5.32 Å². The first-order valence-electron chi connectivity index (χ1n) is 8.50. The fourth-order valence-electron chi connectivity index (χ4n) is 2.61. The van der Waals surface area contributed by atoms with Crippen LogP contribution >= 0.6 is 0 Å². The van der Waals surface area contributed by atoms with Gasteiger partial charge in [-0.3, -0.25) is 9.10 Å². The molecule has 6 nitrogen and oxygen atoms in total. The number of anilines is 1. The minimum atomic E-state index is -4.54. The third kappa shape index (κ3) is 6.11. The molecule has 0 saturated heterocycles. The van der Waals surface area contributed by atoms with Gasteiger partial charge in [-0.15, -0.1) is 0 Å². The lowest BCUT2D eigenvalue weighted by Gasteiger charge is -2.23. The van der Waals surface area contributed by atoms with Crippen LogP contribution in [-0.4, -0.2) is 34.2 Å². The second kappa shape index (κ2) is 8.73. The molecule has 0 aromatic heterocycles. The van der Waals surface area contributed by atoms with Gasteiger partial charge in [0.1, 0.15) is 12.3 Å². The third-order valence-electron chi connectivity index (χ3n) is 4.16. The van der Waals surface area contributed by atoms with Crippen LogP contribution in [0.1, 0.15) is 24.1 Å². The minimum Gasteiger partial charge on any atom is -0.497 e. The van der Waals surface area contributed by atoms with E-state index in [0.29, 0.717) is 5.75 Å². The Labute approximate surface area is 167 Å². The Balaban J connectivity index is 2.14. The molecule has 2 rings (SSSR count). The smallest absolute Gasteiger partial charge is 0.416 e. The molecule has 1 atom stereocenters. The van der Waals surface area contributed by atoms with Crippen LogP contribution in [0.25, 0.3) is 0 Å². The zero-order valence-corrected chi connectivity index (χ0v) is 16.8. The predicted molar refractivity (Wildman–Crippen MR) is 103 cm³/mol. The van der Waals surface area contributed by atoms with Gasteiger partial charge in [0.05, 0.1) is 30.7 Å². The number of hydrogen-bond acceptors (Lipinski definition) is 4. The van der Waals surface area contributed by atoms with Gasteiger partial charge < -0.3 is 10.1 Å². The summed E-state index contributed by atoms with van der Waals surface area (Å²) in [6.07, 6.45) is -3.66. The van der Waals surface area contributed by atoms with Crippen molar-refractivity contribution < 1.29 is 31.1 Å². The average molecular weight is 430 g/mol. The lowest BCUT2D eigenvalue weighted by molar-refractivity contribution is -0.137. The molecule has 0 saturated carbocycles. The molecule has 0 fully saturated rings. The van der Waals surface area contributed by atoms with E-state index in [1.807, 2.05) is 0 Å². The summed E-state index contributed by atoms with van der Waals surface area (Å²) in [7, 11) is -2.37. The number of amides is 1. The number of carbonyl (C=O) groups excluding carboxylic acids is 1. The zero-order chi connectivity index (χ0) is 21.8. The van der Waals surface area contributed by atoms with Crippen molar-refractivity contribution in [2.45, 2.75) is 19.1 Å². The van der Waals surface area contributed by atoms with Crippen LogP contribution in [0.15, 0.2) is 48.5 Å². The van der Waals surface area contributed by atoms with E-state index < -0.39 is 40.3 Å². The lowest BCUT2D eigenvalue weighted by Crippen LogP contribution is -2.41. The van der Waals surface area contributed by atoms with E-state index in [1.165, 1.54) is 7.11 Å². The maximum absolute atomic E-state index is 12.7. The molecule has 2 aromatic carbocycles. The first kappa shape index (κ1) is 22.5. The van der Waals surface area contributed by atoms with Gasteiger partial charge in [0, 0.05) is 0 Å². The van der Waals surface area contributed by atoms with Gasteiger partial charge in [-0.1, -0.05) is 12.1 Å². The number of benzene rings is 2. The van der Waals surface area contributed by atoms with Gasteiger partial charge in [-0.05, 0) is 48.9 Å². The molecule has 10 heteroatoms. The molecule has 2 aromatic rings. The number of methoxy groups -OCH3 is 1. The summed E-state index contributed by atoms with van der Waals surface area (Å²) in [6.45, 7) is 1.16. The van der Waals surface area contributed by atoms with Crippen molar-refractivity contribution >= 4 is 21.6 Å². The Bertz CT molecular complexity index is 943. The Kier molecular flexibility index (Phi) is 6.78. The highest BCUT2D eigenvalue weighted by Gasteiger charge is 2.31. The Morgan fingerprint density at radius 1 is 1.10 bits per heavy atom. The van der Waals surface area contributed by atoms with Gasteiger partial charge >= 0.3 is 6.18 Å². The number of nitrogens with one attached hydrogen (secondary N) is 1. The van der Waals surface area contributed by atoms with Crippen LogP contribution in [0, 0.1) is 0 Å². The second-order valence-corrected chi connectivity index (χ2v) is 8.28. The quantitative estimate of drug-likeness (QED) is 0.731. The molecule has 1 unspecified atom stereocenters. The second-order valence-electron chi connectivity index (χ2n) is 6.38. The van der Waals surface area contributed by atoms with Crippen molar-refractivity contribution in [2.24, 2.45) is 0 Å². The Morgan fingerprint density at radius 2 is 1.66 bits per heavy atom. The summed E-state index contributed by atoms with van der Waals surface area (Å²) in [5.41, 5.74) is -0.167. The maximum atomic E-state index is 12.7. The minimum absolute atomic E-state index is 0.0345. The molecular formula is C19H21F3N2O4S. The molecule has 0 heterocycles. The topological polar surface area (TPSA) is 75.7 Å². The molecular weight excluding hydrogens is 409 g/mol. The summed E-state index contributed by atoms with van der Waals surface area (Å²) >= 11 is 0. The molecule has 0 radical (unpaired) electrons. The van der Waals surface area contributed by atoms with Crippen LogP contribution in [0.3, 0.4) is 0 Å². The first-order valence-corrected chi connectivity index (χ1v) is 10.3. The Hall–Kier alpha value is -2.75. The fourth-order valence-corrected chi connectivity index (χ4v) is 3.47. The van der Waals surface area contributed by atoms with Crippen molar-refractivity contribution in [3.8, 4) is 5.75 Å². The molecule has 0 aliphatic carbocycles. The number of nitrogens with zero attached hydrogens (tertiary/aromatic N) is 1. The van der Waals surface area contributed by atoms with E-state index in [-0.39, 0.29) is 5.69 Å². The van der Waals surface area contributed by atoms with E-state index in [2.05, 4.69) is 5.32 Å². The number of ether oxygens (including phenoxy) is 1. The van der Waals surface area contributed by atoms with E-state index in [1.54, 1.807) is 31.2 Å². The number of alkyl halides is 3. The van der Waals surface area contributed by atoms with Gasteiger partial charge in [0.2, 0.25) is 15.9 Å². The molecule has 158 valence electrons. The highest BCUT2D eigenvalue weighted by atomic mass is 32.2. The monoisotopic (exact) mass is 430 g/mol. The summed E-state index contributed by atoms with van der Waals surface area (Å²) < 4.78 is 68.1. The van der Waals surface area contributed by atoms with Gasteiger partial charge in [-0.2, -0.15) is 13.2 Å². The van der Waals surface area contributed by atoms with Crippen molar-refractivity contribution in [2.75, 3.05) is 24.2 Å². The highest BCUT2D eigenvalue weighted by molar-refractivity contribution is 7.92. The first-order chi connectivity index (χ1) is 13.4. The van der Waals surface area contributed by atoms with E-state index in [4.69, 9.17) is 4.74 Å². The third-order valence-corrected chi connectivity index (χ3v) is 5.30. The van der Waals surface area contributed by atoms with Crippen LogP contribution in [0.2, 0.25) is 0 Å². The van der Waals surface area contributed by atoms with E-state index in [9.17, 15) is 26.4 Å². The van der Waals surface area contributed by atoms with Gasteiger partial charge in [-0.25, -0.2) is 8.42 Å². The van der Waals surface area contributed by atoms with Gasteiger partial charge in [0.15, 0.2) is 0 Å². The maximum Gasteiger partial charge on any atom is 0.416 e. The largest absolute Gasteiger partial charge is 0.497 e. The molecule has 1 N–H and O–H groups in total. The predicted octanol–water partition coefficient (Wildman–Crippen LogP) is 3.36. The number of carbonyl (C=O) groups is 1. The summed E-state index contributed by atoms with van der Waals surface area (Å²) in [5.74, 6) is 0.0523. The molecule has 0 spiro atoms. The standard InChI is InChI=1S/C19H21F3N2O4S/c1-13(14-4-10-17(28-2)11-5-14)23-18(25)12-24(29(3,26)27)16-8-6-15(7-9-16)19(20,21)22/h4-11,13H,12H2,1-3H3,(H,23,25). The number of rotatable bonds is 7. The van der Waals surface area contributed by atoms with Crippen LogP contribution < -0.4 is 14.4 Å². The summed E-state index contributed by atoms with van der Waals surface area (Å²) in [4.78, 5) is 12.4. The zero-order valence-electron chi connectivity index (χ0n) is 16.0. The lowest BCUT2D eigenvalue weighted by atomic mass is 10.1. The van der Waals surface area contributed by atoms with Crippen molar-refractivity contribution in [3.63, 3.8) is 0 Å². The fraction of sp³-hybridized carbons (Fsp3) is 0.316. The summed E-state index contributed by atoms with van der Waals surface area (Å²) in [5, 5.41) is 2.68. The Morgan fingerprint density at radius 3 is 2.10 bits per heavy atom. The molecule has 0 aliphatic heterocycles. The number of hydrogen-bond donors (Lipinski definition) is 1. The normalized spacial score (nSPS) is 12.9. The summed E-state index contributed by atoms with van der Waals surface area (Å²) in [6, 6.07) is 10.1. The van der Waals surface area contributed by atoms with Crippen LogP contribution in [-0.2, 0) is 21.0 Å². The van der Waals surface area contributed by atoms with E-state index >= 15 is 0 Å². The van der Waals surface area contributed by atoms with Crippen LogP contribution in [0.4, 0.5) is 18.9 Å². The number of halogens is 3. The van der Waals surface area contributed by atoms with Crippen molar-refractivity contribution in [1.29, 1.82) is 0 Å². The average Bonchev–Trinajstić information content (AvgIpc) is 2.64. The van der Waals surface area contributed by atoms with Crippen LogP contribution in [0.5, 0.6) is 5.75 Å². The molecule has 1 amide bonds. The highest BCUT2D eigenvalue weighted by Crippen LogP contribution is 2.31. The van der Waals surface area contributed by atoms with Gasteiger partial charge in [0.25, 0.3) is 0 Å². The van der Waals surface area contributed by atoms with Crippen molar-refractivity contribution in [3.05, 3.63) is 59.7 Å². The molecule has 0 bridgehead atoms. The number of sulfonamides is 1. The molecule has 29 heavy (non-hydrogen) atoms. The van der Waals surface area contributed by atoms with E-state index in [0.717, 1.165) is 40.4 Å².